The van der Waals surface area contributed by atoms with E-state index in [-0.39, 0.29) is 11.9 Å². The van der Waals surface area contributed by atoms with Crippen LogP contribution in [-0.2, 0) is 17.6 Å². The molecular weight excluding hydrogens is 264 g/mol. The number of aromatic nitrogens is 2. The molecule has 5 nitrogen and oxygen atoms in total. The van der Waals surface area contributed by atoms with Crippen LogP contribution in [0.15, 0.2) is 30.5 Å². The van der Waals surface area contributed by atoms with Crippen molar-refractivity contribution in [3.8, 4) is 0 Å². The lowest BCUT2D eigenvalue weighted by molar-refractivity contribution is -0.121. The quantitative estimate of drug-likeness (QED) is 0.733. The molecule has 1 aliphatic rings. The average Bonchev–Trinajstić information content (AvgIpc) is 3.09. The summed E-state index contributed by atoms with van der Waals surface area (Å²) in [5.41, 5.74) is 4.61. The first-order valence-electron chi connectivity index (χ1n) is 7.35. The lowest BCUT2D eigenvalue weighted by Gasteiger charge is -2.11. The number of aromatic amines is 1. The zero-order valence-corrected chi connectivity index (χ0v) is 12.1. The molecule has 2 heterocycles. The van der Waals surface area contributed by atoms with Gasteiger partial charge in [0.25, 0.3) is 0 Å². The molecule has 0 radical (unpaired) electrons. The minimum Gasteiger partial charge on any atom is -0.373 e. The second-order valence-corrected chi connectivity index (χ2v) is 5.47. The molecular formula is C16H20N4O. The summed E-state index contributed by atoms with van der Waals surface area (Å²) in [7, 11) is 0. The van der Waals surface area contributed by atoms with Gasteiger partial charge in [-0.3, -0.25) is 9.89 Å². The van der Waals surface area contributed by atoms with Crippen LogP contribution in [0.2, 0.25) is 0 Å². The van der Waals surface area contributed by atoms with Crippen LogP contribution in [0.25, 0.3) is 0 Å². The van der Waals surface area contributed by atoms with E-state index in [1.165, 1.54) is 11.1 Å². The van der Waals surface area contributed by atoms with Gasteiger partial charge in [-0.25, -0.2) is 0 Å². The van der Waals surface area contributed by atoms with E-state index in [0.717, 1.165) is 30.6 Å². The number of carbonyl (C=O) groups is 1. The molecule has 21 heavy (non-hydrogen) atoms. The van der Waals surface area contributed by atoms with E-state index in [1.54, 1.807) is 0 Å². The number of amides is 1. The SMILES string of the molecule is Cc1[nH]ncc1CCCNC(=O)C1Cc2ccccc2N1. The van der Waals surface area contributed by atoms with Crippen molar-refractivity contribution in [1.29, 1.82) is 0 Å². The standard InChI is InChI=1S/C16H20N4O/c1-11-13(10-18-20-11)6-4-8-17-16(21)15-9-12-5-2-3-7-14(12)19-15/h2-3,5,7,10,15,19H,4,6,8-9H2,1H3,(H,17,21)(H,18,20). The van der Waals surface area contributed by atoms with Crippen LogP contribution in [0.4, 0.5) is 5.69 Å². The molecule has 5 heteroatoms. The number of nitrogens with one attached hydrogen (secondary N) is 3. The highest BCUT2D eigenvalue weighted by Crippen LogP contribution is 2.24. The van der Waals surface area contributed by atoms with Crippen LogP contribution in [0.1, 0.15) is 23.2 Å². The van der Waals surface area contributed by atoms with Crippen LogP contribution in [0.3, 0.4) is 0 Å². The molecule has 1 aliphatic heterocycles. The molecule has 0 saturated heterocycles. The summed E-state index contributed by atoms with van der Waals surface area (Å²) in [4.78, 5) is 12.1. The molecule has 3 N–H and O–H groups in total. The molecule has 1 aromatic heterocycles. The molecule has 0 spiro atoms. The molecule has 0 saturated carbocycles. The van der Waals surface area contributed by atoms with Crippen molar-refractivity contribution >= 4 is 11.6 Å². The zero-order valence-electron chi connectivity index (χ0n) is 12.1. The van der Waals surface area contributed by atoms with Gasteiger partial charge in [0.15, 0.2) is 0 Å². The van der Waals surface area contributed by atoms with Gasteiger partial charge in [-0.05, 0) is 37.0 Å². The second-order valence-electron chi connectivity index (χ2n) is 5.47. The maximum atomic E-state index is 12.1. The summed E-state index contributed by atoms with van der Waals surface area (Å²) in [5, 5.41) is 13.2. The Labute approximate surface area is 124 Å². The Morgan fingerprint density at radius 3 is 3.05 bits per heavy atom. The van der Waals surface area contributed by atoms with Crippen molar-refractivity contribution in [3.63, 3.8) is 0 Å². The molecule has 0 bridgehead atoms. The first-order valence-corrected chi connectivity index (χ1v) is 7.35. The van der Waals surface area contributed by atoms with Crippen LogP contribution in [0.5, 0.6) is 0 Å². The first kappa shape index (κ1) is 13.7. The summed E-state index contributed by atoms with van der Waals surface area (Å²) >= 11 is 0. The van der Waals surface area contributed by atoms with Crippen molar-refractivity contribution in [2.24, 2.45) is 0 Å². The Morgan fingerprint density at radius 2 is 2.29 bits per heavy atom. The summed E-state index contributed by atoms with van der Waals surface area (Å²) in [6.07, 6.45) is 4.47. The minimum absolute atomic E-state index is 0.0788. The topological polar surface area (TPSA) is 69.8 Å². The number of anilines is 1. The zero-order chi connectivity index (χ0) is 14.7. The van der Waals surface area contributed by atoms with E-state index in [4.69, 9.17) is 0 Å². The maximum Gasteiger partial charge on any atom is 0.242 e. The van der Waals surface area contributed by atoms with Gasteiger partial charge in [-0.15, -0.1) is 0 Å². The van der Waals surface area contributed by atoms with Crippen LogP contribution in [0, 0.1) is 6.92 Å². The van der Waals surface area contributed by atoms with Gasteiger partial charge in [-0.2, -0.15) is 5.10 Å². The Morgan fingerprint density at radius 1 is 1.43 bits per heavy atom. The highest BCUT2D eigenvalue weighted by Gasteiger charge is 2.25. The van der Waals surface area contributed by atoms with Crippen LogP contribution in [-0.4, -0.2) is 28.7 Å². The highest BCUT2D eigenvalue weighted by molar-refractivity contribution is 5.87. The van der Waals surface area contributed by atoms with Crippen molar-refractivity contribution in [1.82, 2.24) is 15.5 Å². The summed E-state index contributed by atoms with van der Waals surface area (Å²) in [5.74, 6) is 0.0788. The Hall–Kier alpha value is -2.30. The fraction of sp³-hybridized carbons (Fsp3) is 0.375. The number of hydrogen-bond acceptors (Lipinski definition) is 3. The molecule has 3 rings (SSSR count). The molecule has 0 fully saturated rings. The van der Waals surface area contributed by atoms with Crippen LogP contribution < -0.4 is 10.6 Å². The molecule has 2 aromatic rings. The monoisotopic (exact) mass is 284 g/mol. The Kier molecular flexibility index (Phi) is 3.90. The van der Waals surface area contributed by atoms with E-state index in [9.17, 15) is 4.79 Å². The van der Waals surface area contributed by atoms with Crippen molar-refractivity contribution < 1.29 is 4.79 Å². The number of rotatable bonds is 5. The Balaban J connectivity index is 1.43. The number of H-pyrrole nitrogens is 1. The maximum absolute atomic E-state index is 12.1. The molecule has 1 amide bonds. The molecule has 1 unspecified atom stereocenters. The second kappa shape index (κ2) is 5.99. The third kappa shape index (κ3) is 3.07. The summed E-state index contributed by atoms with van der Waals surface area (Å²) in [6, 6.07) is 7.94. The normalized spacial score (nSPS) is 16.3. The number of para-hydroxylation sites is 1. The number of aryl methyl sites for hydroxylation is 2. The van der Waals surface area contributed by atoms with E-state index in [1.807, 2.05) is 31.3 Å². The predicted octanol–water partition coefficient (Wildman–Crippen LogP) is 1.80. The van der Waals surface area contributed by atoms with E-state index in [0.29, 0.717) is 6.54 Å². The summed E-state index contributed by atoms with van der Waals surface area (Å²) < 4.78 is 0. The fourth-order valence-electron chi connectivity index (χ4n) is 2.70. The van der Waals surface area contributed by atoms with E-state index < -0.39 is 0 Å². The number of fused-ring (bicyclic) bond motifs is 1. The number of carbonyl (C=O) groups excluding carboxylic acids is 1. The van der Waals surface area contributed by atoms with Crippen molar-refractivity contribution in [2.45, 2.75) is 32.2 Å². The van der Waals surface area contributed by atoms with Gasteiger partial charge in [0.2, 0.25) is 5.91 Å². The van der Waals surface area contributed by atoms with Crippen molar-refractivity contribution in [3.05, 3.63) is 47.3 Å². The van der Waals surface area contributed by atoms with Crippen LogP contribution >= 0.6 is 0 Å². The van der Waals surface area contributed by atoms with Gasteiger partial charge < -0.3 is 10.6 Å². The fourth-order valence-corrected chi connectivity index (χ4v) is 2.70. The van der Waals surface area contributed by atoms with Gasteiger partial charge in [-0.1, -0.05) is 18.2 Å². The molecule has 1 aromatic carbocycles. The van der Waals surface area contributed by atoms with Crippen molar-refractivity contribution in [2.75, 3.05) is 11.9 Å². The van der Waals surface area contributed by atoms with Gasteiger partial charge in [0.1, 0.15) is 6.04 Å². The van der Waals surface area contributed by atoms with Gasteiger partial charge >= 0.3 is 0 Å². The molecule has 1 atom stereocenters. The number of nitrogens with zero attached hydrogens (tertiary/aromatic N) is 1. The molecule has 110 valence electrons. The average molecular weight is 284 g/mol. The predicted molar refractivity (Wildman–Crippen MR) is 82.2 cm³/mol. The smallest absolute Gasteiger partial charge is 0.242 e. The lowest BCUT2D eigenvalue weighted by atomic mass is 10.1. The van der Waals surface area contributed by atoms with Gasteiger partial charge in [0, 0.05) is 24.3 Å². The number of hydrogen-bond donors (Lipinski definition) is 3. The van der Waals surface area contributed by atoms with Gasteiger partial charge in [0.05, 0.1) is 6.20 Å². The molecule has 0 aliphatic carbocycles. The number of benzene rings is 1. The first-order chi connectivity index (χ1) is 10.2. The third-order valence-corrected chi connectivity index (χ3v) is 3.94. The largest absolute Gasteiger partial charge is 0.373 e. The Bertz CT molecular complexity index is 610. The highest BCUT2D eigenvalue weighted by atomic mass is 16.2. The lowest BCUT2D eigenvalue weighted by Crippen LogP contribution is -2.38. The van der Waals surface area contributed by atoms with E-state index >= 15 is 0 Å². The van der Waals surface area contributed by atoms with E-state index in [2.05, 4.69) is 26.9 Å². The third-order valence-electron chi connectivity index (χ3n) is 3.94. The summed E-state index contributed by atoms with van der Waals surface area (Å²) in [6.45, 7) is 2.71. The minimum atomic E-state index is -0.141.